The third-order valence-corrected chi connectivity index (χ3v) is 5.95. The highest BCUT2D eigenvalue weighted by Crippen LogP contribution is 2.38. The van der Waals surface area contributed by atoms with Crippen molar-refractivity contribution in [2.45, 2.75) is 38.9 Å². The summed E-state index contributed by atoms with van der Waals surface area (Å²) in [5.41, 5.74) is 1.23. The van der Waals surface area contributed by atoms with E-state index in [0.717, 1.165) is 25.0 Å². The summed E-state index contributed by atoms with van der Waals surface area (Å²) >= 11 is 0. The predicted octanol–water partition coefficient (Wildman–Crippen LogP) is 5.13. The summed E-state index contributed by atoms with van der Waals surface area (Å²) in [7, 11) is 2.76. The van der Waals surface area contributed by atoms with E-state index >= 15 is 0 Å². The van der Waals surface area contributed by atoms with Crippen LogP contribution in [0, 0.1) is 0 Å². The van der Waals surface area contributed by atoms with Crippen LogP contribution < -0.4 is 4.74 Å². The van der Waals surface area contributed by atoms with Crippen LogP contribution in [0.5, 0.6) is 5.75 Å². The number of amides is 2. The van der Waals surface area contributed by atoms with Crippen LogP contribution in [0.4, 0.5) is 18.0 Å². The number of ether oxygens (including phenoxy) is 2. The first kappa shape index (κ1) is 25.4. The number of hydrogen-bond donors (Lipinski definition) is 0. The summed E-state index contributed by atoms with van der Waals surface area (Å²) in [6, 6.07) is 8.40. The average molecular weight is 479 g/mol. The molecule has 1 aliphatic rings. The van der Waals surface area contributed by atoms with Crippen LogP contribution in [-0.4, -0.2) is 55.7 Å². The molecule has 0 N–H and O–H groups in total. The van der Waals surface area contributed by atoms with Gasteiger partial charge in [0.05, 0.1) is 26.2 Å². The fraction of sp³-hybridized carbons (Fsp3) is 0.440. The molecular formula is C25H29F3N2O4. The van der Waals surface area contributed by atoms with Gasteiger partial charge in [0.1, 0.15) is 5.75 Å². The van der Waals surface area contributed by atoms with Crippen LogP contribution >= 0.6 is 0 Å². The normalized spacial score (nSPS) is 13.6. The molecule has 184 valence electrons. The minimum absolute atomic E-state index is 0.00940. The lowest BCUT2D eigenvalue weighted by Crippen LogP contribution is -2.41. The molecule has 0 spiro atoms. The smallest absolute Gasteiger partial charge is 0.416 e. The van der Waals surface area contributed by atoms with Crippen molar-refractivity contribution in [3.8, 4) is 16.9 Å². The Morgan fingerprint density at radius 3 is 2.32 bits per heavy atom. The number of hydrogen-bond acceptors (Lipinski definition) is 4. The fourth-order valence-corrected chi connectivity index (χ4v) is 4.11. The van der Waals surface area contributed by atoms with Crippen LogP contribution in [0.1, 0.15) is 36.5 Å². The zero-order valence-electron chi connectivity index (χ0n) is 19.6. The van der Waals surface area contributed by atoms with E-state index in [2.05, 4.69) is 0 Å². The quantitative estimate of drug-likeness (QED) is 0.518. The summed E-state index contributed by atoms with van der Waals surface area (Å²) < 4.78 is 50.9. The molecule has 2 amide bonds. The molecule has 3 rings (SSSR count). The molecule has 1 fully saturated rings. The molecule has 0 aliphatic carbocycles. The number of alkyl halides is 3. The molecule has 34 heavy (non-hydrogen) atoms. The topological polar surface area (TPSA) is 59.1 Å². The number of carbonyl (C=O) groups excluding carboxylic acids is 2. The molecule has 0 unspecified atom stereocenters. The lowest BCUT2D eigenvalue weighted by atomic mass is 9.94. The van der Waals surface area contributed by atoms with Gasteiger partial charge in [-0.25, -0.2) is 4.79 Å². The second-order valence-electron chi connectivity index (χ2n) is 8.15. The van der Waals surface area contributed by atoms with Gasteiger partial charge in [0.15, 0.2) is 0 Å². The van der Waals surface area contributed by atoms with E-state index in [1.165, 1.54) is 20.3 Å². The molecule has 6 nitrogen and oxygen atoms in total. The minimum Gasteiger partial charge on any atom is -0.496 e. The van der Waals surface area contributed by atoms with Gasteiger partial charge in [0.2, 0.25) is 0 Å². The Labute approximate surface area is 197 Å². The number of nitrogens with zero attached hydrogens (tertiary/aromatic N) is 2. The predicted molar refractivity (Wildman–Crippen MR) is 121 cm³/mol. The third kappa shape index (κ3) is 5.81. The Kier molecular flexibility index (Phi) is 8.06. The number of carbonyl (C=O) groups is 2. The first-order valence-electron chi connectivity index (χ1n) is 11.2. The van der Waals surface area contributed by atoms with E-state index in [1.807, 2.05) is 0 Å². The second-order valence-corrected chi connectivity index (χ2v) is 8.15. The highest BCUT2D eigenvalue weighted by atomic mass is 19.4. The Hall–Kier alpha value is -3.23. The van der Waals surface area contributed by atoms with Crippen LogP contribution in [0.2, 0.25) is 0 Å². The maximum absolute atomic E-state index is 13.6. The number of urea groups is 1. The van der Waals surface area contributed by atoms with Crippen LogP contribution in [0.25, 0.3) is 11.1 Å². The molecule has 2 aromatic carbocycles. The number of benzene rings is 2. The lowest BCUT2D eigenvalue weighted by Gasteiger charge is -2.28. The summed E-state index contributed by atoms with van der Waals surface area (Å²) in [5, 5.41) is 0. The van der Waals surface area contributed by atoms with Gasteiger partial charge in [-0.1, -0.05) is 12.1 Å². The maximum Gasteiger partial charge on any atom is 0.416 e. The Morgan fingerprint density at radius 2 is 1.74 bits per heavy atom. The zero-order chi connectivity index (χ0) is 24.9. The van der Waals surface area contributed by atoms with E-state index in [-0.39, 0.29) is 19.0 Å². The number of halogens is 3. The first-order chi connectivity index (χ1) is 16.2. The summed E-state index contributed by atoms with van der Waals surface area (Å²) in [4.78, 5) is 28.0. The molecule has 1 saturated heterocycles. The van der Waals surface area contributed by atoms with Gasteiger partial charge >= 0.3 is 18.2 Å². The molecular weight excluding hydrogens is 449 g/mol. The van der Waals surface area contributed by atoms with Crippen molar-refractivity contribution < 1.29 is 32.2 Å². The largest absolute Gasteiger partial charge is 0.496 e. The van der Waals surface area contributed by atoms with E-state index in [9.17, 15) is 22.8 Å². The van der Waals surface area contributed by atoms with Crippen molar-refractivity contribution in [2.75, 3.05) is 33.9 Å². The first-order valence-corrected chi connectivity index (χ1v) is 11.2. The molecule has 1 aliphatic heterocycles. The van der Waals surface area contributed by atoms with Crippen molar-refractivity contribution in [2.24, 2.45) is 0 Å². The van der Waals surface area contributed by atoms with Crippen molar-refractivity contribution in [3.63, 3.8) is 0 Å². The minimum atomic E-state index is -4.53. The third-order valence-electron chi connectivity index (χ3n) is 5.95. The van der Waals surface area contributed by atoms with Crippen molar-refractivity contribution >= 4 is 12.0 Å². The van der Waals surface area contributed by atoms with Crippen LogP contribution in [0.3, 0.4) is 0 Å². The fourth-order valence-electron chi connectivity index (χ4n) is 4.11. The highest BCUT2D eigenvalue weighted by molar-refractivity contribution is 5.79. The highest BCUT2D eigenvalue weighted by Gasteiger charge is 2.32. The Balaban J connectivity index is 2.07. The molecule has 0 saturated carbocycles. The average Bonchev–Trinajstić information content (AvgIpc) is 3.36. The maximum atomic E-state index is 13.6. The van der Waals surface area contributed by atoms with Gasteiger partial charge in [-0.15, -0.1) is 0 Å². The SMILES string of the molecule is CCN(Cc1cc(C(F)(F)F)ccc1-c1cc(CC(=O)OC)ccc1OC)C(=O)N1CCCC1. The molecule has 1 heterocycles. The van der Waals surface area contributed by atoms with E-state index in [4.69, 9.17) is 9.47 Å². The number of methoxy groups -OCH3 is 2. The van der Waals surface area contributed by atoms with Crippen molar-refractivity contribution in [3.05, 3.63) is 53.1 Å². The zero-order valence-corrected chi connectivity index (χ0v) is 19.6. The van der Waals surface area contributed by atoms with Crippen LogP contribution in [-0.2, 0) is 28.7 Å². The van der Waals surface area contributed by atoms with Gasteiger partial charge in [-0.2, -0.15) is 13.2 Å². The van der Waals surface area contributed by atoms with Crippen molar-refractivity contribution in [1.82, 2.24) is 9.80 Å². The van der Waals surface area contributed by atoms with Gasteiger partial charge < -0.3 is 19.3 Å². The second kappa shape index (κ2) is 10.8. The number of likely N-dealkylation sites (tertiary alicyclic amines) is 1. The van der Waals surface area contributed by atoms with E-state index in [0.29, 0.717) is 47.6 Å². The summed E-state index contributed by atoms with van der Waals surface area (Å²) in [5.74, 6) is 0.0145. The molecule has 0 atom stereocenters. The molecule has 0 aromatic heterocycles. The molecule has 9 heteroatoms. The van der Waals surface area contributed by atoms with Gasteiger partial charge in [0.25, 0.3) is 0 Å². The van der Waals surface area contributed by atoms with E-state index < -0.39 is 17.7 Å². The molecule has 2 aromatic rings. The molecule has 0 radical (unpaired) electrons. The van der Waals surface area contributed by atoms with E-state index in [1.54, 1.807) is 34.9 Å². The lowest BCUT2D eigenvalue weighted by molar-refractivity contribution is -0.140. The molecule has 0 bridgehead atoms. The summed E-state index contributed by atoms with van der Waals surface area (Å²) in [6.45, 7) is 3.46. The Bertz CT molecular complexity index is 1030. The monoisotopic (exact) mass is 478 g/mol. The van der Waals surface area contributed by atoms with Gasteiger partial charge in [0, 0.05) is 31.7 Å². The summed E-state index contributed by atoms with van der Waals surface area (Å²) in [6.07, 6.45) is -2.68. The van der Waals surface area contributed by atoms with Crippen molar-refractivity contribution in [1.29, 1.82) is 0 Å². The standard InChI is InChI=1S/C25H29F3N2O4/c1-4-29(24(32)30-11-5-6-12-30)16-18-15-19(25(26,27)28)8-9-20(18)21-13-17(14-23(31)34-3)7-10-22(21)33-2/h7-10,13,15H,4-6,11-12,14,16H2,1-3H3. The number of esters is 1. The van der Waals surface area contributed by atoms with Gasteiger partial charge in [-0.05, 0) is 60.7 Å². The Morgan fingerprint density at radius 1 is 1.03 bits per heavy atom. The van der Waals surface area contributed by atoms with Gasteiger partial charge in [-0.3, -0.25) is 4.79 Å². The van der Waals surface area contributed by atoms with Crippen LogP contribution in [0.15, 0.2) is 36.4 Å². The number of rotatable bonds is 7.